The van der Waals surface area contributed by atoms with Gasteiger partial charge < -0.3 is 16.0 Å². The van der Waals surface area contributed by atoms with E-state index in [1.54, 1.807) is 19.1 Å². The van der Waals surface area contributed by atoms with Crippen molar-refractivity contribution in [3.8, 4) is 11.3 Å². The van der Waals surface area contributed by atoms with E-state index in [-0.39, 0.29) is 18.1 Å². The van der Waals surface area contributed by atoms with Crippen LogP contribution in [-0.2, 0) is 16.0 Å². The topological polar surface area (TPSA) is 88.0 Å². The molecule has 5 nitrogen and oxygen atoms in total. The number of amides is 2. The average molecular weight is 353 g/mol. The fourth-order valence-electron chi connectivity index (χ4n) is 2.95. The van der Waals surface area contributed by atoms with E-state index in [0.717, 1.165) is 27.7 Å². The Morgan fingerprint density at radius 1 is 1.15 bits per heavy atom. The van der Waals surface area contributed by atoms with E-state index in [9.17, 15) is 14.0 Å². The molecule has 0 aliphatic heterocycles. The highest BCUT2D eigenvalue weighted by Crippen LogP contribution is 2.31. The Morgan fingerprint density at radius 2 is 1.85 bits per heavy atom. The molecule has 2 amide bonds. The van der Waals surface area contributed by atoms with Gasteiger partial charge in [-0.1, -0.05) is 18.2 Å². The monoisotopic (exact) mass is 353 g/mol. The molecule has 0 saturated heterocycles. The second-order valence-corrected chi connectivity index (χ2v) is 6.22. The lowest BCUT2D eigenvalue weighted by atomic mass is 10.0. The van der Waals surface area contributed by atoms with Gasteiger partial charge >= 0.3 is 0 Å². The standard InChI is InChI=1S/C20H20FN3O2/c1-12(20(22)26)23-18(25)11-10-16-15-4-2-3-5-17(15)24-19(16)13-6-8-14(21)9-7-13/h2-9,12,24H,10-11H2,1H3,(H2,22,26)(H,23,25)/t12-/m0/s1. The summed E-state index contributed by atoms with van der Waals surface area (Å²) in [5, 5.41) is 3.60. The number of aromatic amines is 1. The highest BCUT2D eigenvalue weighted by atomic mass is 19.1. The van der Waals surface area contributed by atoms with Crippen LogP contribution in [0.4, 0.5) is 4.39 Å². The number of nitrogens with two attached hydrogens (primary N) is 1. The maximum absolute atomic E-state index is 13.2. The number of halogens is 1. The number of primary amides is 1. The first-order chi connectivity index (χ1) is 12.5. The van der Waals surface area contributed by atoms with Gasteiger partial charge in [0.1, 0.15) is 11.9 Å². The van der Waals surface area contributed by atoms with E-state index in [1.165, 1.54) is 12.1 Å². The van der Waals surface area contributed by atoms with Gasteiger partial charge in [-0.25, -0.2) is 4.39 Å². The number of nitrogens with one attached hydrogen (secondary N) is 2. The molecule has 0 fully saturated rings. The lowest BCUT2D eigenvalue weighted by Gasteiger charge is -2.10. The normalized spacial score (nSPS) is 12.1. The van der Waals surface area contributed by atoms with Crippen LogP contribution in [0.5, 0.6) is 0 Å². The SMILES string of the molecule is C[C@H](NC(=O)CCc1c(-c2ccc(F)cc2)[nH]c2ccccc12)C(N)=O. The zero-order valence-corrected chi connectivity index (χ0v) is 14.4. The van der Waals surface area contributed by atoms with Crippen molar-refractivity contribution in [2.75, 3.05) is 0 Å². The molecule has 2 aromatic carbocycles. The number of rotatable bonds is 6. The molecule has 6 heteroatoms. The number of benzene rings is 2. The van der Waals surface area contributed by atoms with E-state index >= 15 is 0 Å². The first kappa shape index (κ1) is 17.7. The van der Waals surface area contributed by atoms with Crippen molar-refractivity contribution >= 4 is 22.7 Å². The fourth-order valence-corrected chi connectivity index (χ4v) is 2.95. The fraction of sp³-hybridized carbons (Fsp3) is 0.200. The van der Waals surface area contributed by atoms with Crippen molar-refractivity contribution in [1.29, 1.82) is 0 Å². The lowest BCUT2D eigenvalue weighted by molar-refractivity contribution is -0.126. The van der Waals surface area contributed by atoms with E-state index in [0.29, 0.717) is 6.42 Å². The Hall–Kier alpha value is -3.15. The van der Waals surface area contributed by atoms with Crippen molar-refractivity contribution in [3.05, 3.63) is 59.9 Å². The highest BCUT2D eigenvalue weighted by Gasteiger charge is 2.16. The summed E-state index contributed by atoms with van der Waals surface area (Å²) in [6, 6.07) is 13.3. The van der Waals surface area contributed by atoms with Gasteiger partial charge in [-0.3, -0.25) is 9.59 Å². The lowest BCUT2D eigenvalue weighted by Crippen LogP contribution is -2.42. The molecule has 0 radical (unpaired) electrons. The van der Waals surface area contributed by atoms with Crippen LogP contribution in [-0.4, -0.2) is 22.8 Å². The van der Waals surface area contributed by atoms with E-state index < -0.39 is 11.9 Å². The summed E-state index contributed by atoms with van der Waals surface area (Å²) >= 11 is 0. The van der Waals surface area contributed by atoms with E-state index in [4.69, 9.17) is 5.73 Å². The first-order valence-electron chi connectivity index (χ1n) is 8.40. The van der Waals surface area contributed by atoms with Crippen molar-refractivity contribution in [3.63, 3.8) is 0 Å². The van der Waals surface area contributed by atoms with Gasteiger partial charge in [0, 0.05) is 23.0 Å². The number of carbonyl (C=O) groups excluding carboxylic acids is 2. The Kier molecular flexibility index (Phi) is 5.02. The quantitative estimate of drug-likeness (QED) is 0.636. The third-order valence-corrected chi connectivity index (χ3v) is 4.35. The van der Waals surface area contributed by atoms with Crippen LogP contribution in [0.25, 0.3) is 22.2 Å². The number of para-hydroxylation sites is 1. The van der Waals surface area contributed by atoms with Gasteiger partial charge in [0.25, 0.3) is 0 Å². The molecule has 0 bridgehead atoms. The zero-order valence-electron chi connectivity index (χ0n) is 14.4. The minimum absolute atomic E-state index is 0.216. The molecule has 0 spiro atoms. The summed E-state index contributed by atoms with van der Waals surface area (Å²) in [5.41, 5.74) is 8.82. The Morgan fingerprint density at radius 3 is 2.54 bits per heavy atom. The van der Waals surface area contributed by atoms with Crippen molar-refractivity contribution in [2.45, 2.75) is 25.8 Å². The number of carbonyl (C=O) groups is 2. The number of aromatic nitrogens is 1. The molecule has 3 aromatic rings. The zero-order chi connectivity index (χ0) is 18.7. The molecule has 4 N–H and O–H groups in total. The van der Waals surface area contributed by atoms with Crippen LogP contribution in [0, 0.1) is 5.82 Å². The maximum Gasteiger partial charge on any atom is 0.239 e. The number of aryl methyl sites for hydroxylation is 1. The van der Waals surface area contributed by atoms with Crippen LogP contribution < -0.4 is 11.1 Å². The van der Waals surface area contributed by atoms with Crippen LogP contribution in [0.2, 0.25) is 0 Å². The minimum Gasteiger partial charge on any atom is -0.368 e. The highest BCUT2D eigenvalue weighted by molar-refractivity contribution is 5.92. The Bertz CT molecular complexity index is 947. The van der Waals surface area contributed by atoms with Crippen LogP contribution in [0.1, 0.15) is 18.9 Å². The summed E-state index contributed by atoms with van der Waals surface area (Å²) in [7, 11) is 0. The molecule has 0 aliphatic carbocycles. The van der Waals surface area contributed by atoms with Crippen LogP contribution in [0.15, 0.2) is 48.5 Å². The molecular formula is C20H20FN3O2. The molecule has 0 saturated carbocycles. The summed E-state index contributed by atoms with van der Waals surface area (Å²) in [4.78, 5) is 26.5. The summed E-state index contributed by atoms with van der Waals surface area (Å²) < 4.78 is 13.2. The van der Waals surface area contributed by atoms with Gasteiger partial charge in [0.05, 0.1) is 0 Å². The molecule has 3 rings (SSSR count). The van der Waals surface area contributed by atoms with E-state index in [1.807, 2.05) is 24.3 Å². The minimum atomic E-state index is -0.706. The summed E-state index contributed by atoms with van der Waals surface area (Å²) in [6.07, 6.45) is 0.696. The molecule has 1 heterocycles. The van der Waals surface area contributed by atoms with E-state index in [2.05, 4.69) is 10.3 Å². The third kappa shape index (κ3) is 3.74. The Balaban J connectivity index is 1.89. The molecule has 1 aromatic heterocycles. The van der Waals surface area contributed by atoms with Crippen molar-refractivity contribution < 1.29 is 14.0 Å². The van der Waals surface area contributed by atoms with Gasteiger partial charge in [-0.15, -0.1) is 0 Å². The van der Waals surface area contributed by atoms with Gasteiger partial charge in [0.15, 0.2) is 0 Å². The predicted molar refractivity (Wildman–Crippen MR) is 98.8 cm³/mol. The molecule has 134 valence electrons. The molecule has 0 aliphatic rings. The van der Waals surface area contributed by atoms with Gasteiger partial charge in [0.2, 0.25) is 11.8 Å². The molecule has 0 unspecified atom stereocenters. The molecular weight excluding hydrogens is 333 g/mol. The van der Waals surface area contributed by atoms with Crippen molar-refractivity contribution in [1.82, 2.24) is 10.3 Å². The smallest absolute Gasteiger partial charge is 0.239 e. The summed E-state index contributed by atoms with van der Waals surface area (Å²) in [6.45, 7) is 1.55. The average Bonchev–Trinajstić information content (AvgIpc) is 2.99. The first-order valence-corrected chi connectivity index (χ1v) is 8.40. The number of fused-ring (bicyclic) bond motifs is 1. The maximum atomic E-state index is 13.2. The van der Waals surface area contributed by atoms with Gasteiger partial charge in [-0.05, 0) is 54.8 Å². The Labute approximate surface area is 150 Å². The summed E-state index contributed by atoms with van der Waals surface area (Å²) in [5.74, 6) is -1.12. The predicted octanol–water partition coefficient (Wildman–Crippen LogP) is 2.90. The number of H-pyrrole nitrogens is 1. The molecule has 26 heavy (non-hydrogen) atoms. The van der Waals surface area contributed by atoms with Crippen LogP contribution in [0.3, 0.4) is 0 Å². The van der Waals surface area contributed by atoms with Crippen molar-refractivity contribution in [2.24, 2.45) is 5.73 Å². The second-order valence-electron chi connectivity index (χ2n) is 6.22. The second kappa shape index (κ2) is 7.39. The largest absolute Gasteiger partial charge is 0.368 e. The number of hydrogen-bond donors (Lipinski definition) is 3. The number of hydrogen-bond acceptors (Lipinski definition) is 2. The molecule has 1 atom stereocenters. The van der Waals surface area contributed by atoms with Crippen LogP contribution >= 0.6 is 0 Å². The van der Waals surface area contributed by atoms with Gasteiger partial charge in [-0.2, -0.15) is 0 Å². The third-order valence-electron chi connectivity index (χ3n) is 4.35.